The van der Waals surface area contributed by atoms with E-state index in [4.69, 9.17) is 0 Å². The predicted octanol–water partition coefficient (Wildman–Crippen LogP) is 4.86. The number of fused-ring (bicyclic) bond motifs is 1. The number of aryl methyl sites for hydroxylation is 2. The van der Waals surface area contributed by atoms with Gasteiger partial charge in [0.15, 0.2) is 0 Å². The van der Waals surface area contributed by atoms with E-state index in [9.17, 15) is 4.79 Å². The number of benzene rings is 2. The highest BCUT2D eigenvalue weighted by molar-refractivity contribution is 5.98. The predicted molar refractivity (Wildman–Crippen MR) is 102 cm³/mol. The fraction of sp³-hybridized carbons (Fsp3) is 0.318. The summed E-state index contributed by atoms with van der Waals surface area (Å²) in [6.07, 6.45) is 2.62. The Bertz CT molecular complexity index is 933. The van der Waals surface area contributed by atoms with Crippen LogP contribution in [0.4, 0.5) is 0 Å². The monoisotopic (exact) mass is 332 g/mol. The molecule has 1 amide bonds. The highest BCUT2D eigenvalue weighted by atomic mass is 16.1. The standard InChI is InChI=1S/C22H24N2O/c1-14-12-19-10-11-20(13-21(19)24(14)3)22(25)23-15(2)16-4-6-17(7-5-16)18-8-9-18/h4-7,10-13,15,18H,8-9H2,1-3H3,(H,23,25)/t15-/m0/s1. The van der Waals surface area contributed by atoms with Crippen molar-refractivity contribution in [1.29, 1.82) is 0 Å². The van der Waals surface area contributed by atoms with Gasteiger partial charge in [0, 0.05) is 23.8 Å². The minimum Gasteiger partial charge on any atom is -0.348 e. The minimum absolute atomic E-state index is 0.00778. The molecule has 3 aromatic rings. The molecule has 1 saturated carbocycles. The molecule has 25 heavy (non-hydrogen) atoms. The van der Waals surface area contributed by atoms with E-state index in [1.165, 1.54) is 29.5 Å². The largest absolute Gasteiger partial charge is 0.348 e. The van der Waals surface area contributed by atoms with Crippen LogP contribution in [0, 0.1) is 6.92 Å². The molecule has 4 rings (SSSR count). The van der Waals surface area contributed by atoms with Crippen molar-refractivity contribution in [3.63, 3.8) is 0 Å². The van der Waals surface area contributed by atoms with E-state index in [1.807, 2.05) is 32.2 Å². The van der Waals surface area contributed by atoms with Crippen molar-refractivity contribution >= 4 is 16.8 Å². The summed E-state index contributed by atoms with van der Waals surface area (Å²) in [5, 5.41) is 4.29. The van der Waals surface area contributed by atoms with Gasteiger partial charge in [-0.1, -0.05) is 30.3 Å². The fourth-order valence-electron chi connectivity index (χ4n) is 3.45. The summed E-state index contributed by atoms with van der Waals surface area (Å²) in [6, 6.07) is 16.7. The van der Waals surface area contributed by atoms with Crippen molar-refractivity contribution in [2.45, 2.75) is 38.6 Å². The molecule has 0 unspecified atom stereocenters. The second-order valence-electron chi connectivity index (χ2n) is 7.25. The number of aromatic nitrogens is 1. The van der Waals surface area contributed by atoms with Crippen molar-refractivity contribution in [3.8, 4) is 0 Å². The van der Waals surface area contributed by atoms with E-state index in [0.717, 1.165) is 17.0 Å². The Morgan fingerprint density at radius 1 is 1.12 bits per heavy atom. The first-order valence-corrected chi connectivity index (χ1v) is 9.00. The summed E-state index contributed by atoms with van der Waals surface area (Å²) in [4.78, 5) is 12.7. The van der Waals surface area contributed by atoms with Gasteiger partial charge in [-0.15, -0.1) is 0 Å². The maximum absolute atomic E-state index is 12.7. The molecule has 1 heterocycles. The van der Waals surface area contributed by atoms with Gasteiger partial charge in [-0.2, -0.15) is 0 Å². The van der Waals surface area contributed by atoms with Crippen LogP contribution >= 0.6 is 0 Å². The number of carbonyl (C=O) groups is 1. The molecule has 1 aliphatic rings. The number of hydrogen-bond donors (Lipinski definition) is 1. The van der Waals surface area contributed by atoms with Gasteiger partial charge >= 0.3 is 0 Å². The maximum Gasteiger partial charge on any atom is 0.251 e. The average molecular weight is 332 g/mol. The highest BCUT2D eigenvalue weighted by Gasteiger charge is 2.23. The van der Waals surface area contributed by atoms with Gasteiger partial charge in [-0.3, -0.25) is 4.79 Å². The number of nitrogens with zero attached hydrogens (tertiary/aromatic N) is 1. The summed E-state index contributed by atoms with van der Waals surface area (Å²) in [5.74, 6) is 0.735. The highest BCUT2D eigenvalue weighted by Crippen LogP contribution is 2.40. The van der Waals surface area contributed by atoms with Crippen molar-refractivity contribution in [3.05, 3.63) is 70.9 Å². The third kappa shape index (κ3) is 3.07. The number of nitrogens with one attached hydrogen (secondary N) is 1. The van der Waals surface area contributed by atoms with Gasteiger partial charge in [0.1, 0.15) is 0 Å². The lowest BCUT2D eigenvalue weighted by molar-refractivity contribution is 0.0940. The third-order valence-electron chi connectivity index (χ3n) is 5.38. The molecule has 1 aliphatic carbocycles. The molecular weight excluding hydrogens is 308 g/mol. The van der Waals surface area contributed by atoms with Crippen molar-refractivity contribution in [2.75, 3.05) is 0 Å². The molecule has 1 N–H and O–H groups in total. The molecule has 3 nitrogen and oxygen atoms in total. The second kappa shape index (κ2) is 6.07. The topological polar surface area (TPSA) is 34.0 Å². The second-order valence-corrected chi connectivity index (χ2v) is 7.25. The van der Waals surface area contributed by atoms with E-state index >= 15 is 0 Å². The quantitative estimate of drug-likeness (QED) is 0.728. The zero-order chi connectivity index (χ0) is 17.6. The lowest BCUT2D eigenvalue weighted by Gasteiger charge is -2.15. The zero-order valence-corrected chi connectivity index (χ0v) is 15.0. The Morgan fingerprint density at radius 3 is 2.52 bits per heavy atom. The molecule has 0 aliphatic heterocycles. The van der Waals surface area contributed by atoms with E-state index in [1.54, 1.807) is 0 Å². The average Bonchev–Trinajstić information content (AvgIpc) is 3.42. The summed E-state index contributed by atoms with van der Waals surface area (Å²) >= 11 is 0. The molecule has 0 spiro atoms. The number of rotatable bonds is 4. The van der Waals surface area contributed by atoms with E-state index in [-0.39, 0.29) is 11.9 Å². The number of amides is 1. The Balaban J connectivity index is 1.51. The van der Waals surface area contributed by atoms with Crippen LogP contribution in [-0.4, -0.2) is 10.5 Å². The molecule has 0 radical (unpaired) electrons. The first-order valence-electron chi connectivity index (χ1n) is 9.00. The van der Waals surface area contributed by atoms with Crippen molar-refractivity contribution in [1.82, 2.24) is 9.88 Å². The molecule has 1 atom stereocenters. The summed E-state index contributed by atoms with van der Waals surface area (Å²) < 4.78 is 2.12. The van der Waals surface area contributed by atoms with Crippen molar-refractivity contribution in [2.24, 2.45) is 7.05 Å². The molecule has 0 saturated heterocycles. The minimum atomic E-state index is -0.0282. The maximum atomic E-state index is 12.7. The van der Waals surface area contributed by atoms with Gasteiger partial charge in [0.25, 0.3) is 5.91 Å². The van der Waals surface area contributed by atoms with Gasteiger partial charge < -0.3 is 9.88 Å². The lowest BCUT2D eigenvalue weighted by Crippen LogP contribution is -2.26. The molecule has 128 valence electrons. The van der Waals surface area contributed by atoms with Crippen LogP contribution in [0.25, 0.3) is 10.9 Å². The first-order chi connectivity index (χ1) is 12.0. The summed E-state index contributed by atoms with van der Waals surface area (Å²) in [6.45, 7) is 4.11. The van der Waals surface area contributed by atoms with Gasteiger partial charge in [0.05, 0.1) is 6.04 Å². The Labute approximate surface area is 148 Å². The van der Waals surface area contributed by atoms with Gasteiger partial charge in [-0.25, -0.2) is 0 Å². The van der Waals surface area contributed by atoms with Crippen LogP contribution in [0.3, 0.4) is 0 Å². The molecule has 0 bridgehead atoms. The lowest BCUT2D eigenvalue weighted by atomic mass is 10.0. The van der Waals surface area contributed by atoms with Crippen LogP contribution in [0.1, 0.15) is 58.9 Å². The fourth-order valence-corrected chi connectivity index (χ4v) is 3.45. The summed E-state index contributed by atoms with van der Waals surface area (Å²) in [7, 11) is 2.03. The van der Waals surface area contributed by atoms with Gasteiger partial charge in [0.2, 0.25) is 0 Å². The number of carbonyl (C=O) groups excluding carboxylic acids is 1. The first kappa shape index (κ1) is 15.9. The van der Waals surface area contributed by atoms with E-state index in [2.05, 4.69) is 47.1 Å². The summed E-state index contributed by atoms with van der Waals surface area (Å²) in [5.41, 5.74) is 5.55. The molecule has 1 fully saturated rings. The van der Waals surface area contributed by atoms with Crippen LogP contribution in [-0.2, 0) is 7.05 Å². The molecule has 2 aromatic carbocycles. The third-order valence-corrected chi connectivity index (χ3v) is 5.38. The van der Waals surface area contributed by atoms with Crippen LogP contribution in [0.2, 0.25) is 0 Å². The Morgan fingerprint density at radius 2 is 1.84 bits per heavy atom. The van der Waals surface area contributed by atoms with E-state index in [0.29, 0.717) is 5.56 Å². The van der Waals surface area contributed by atoms with E-state index < -0.39 is 0 Å². The molecule has 3 heteroatoms. The zero-order valence-electron chi connectivity index (χ0n) is 15.0. The SMILES string of the molecule is Cc1cc2ccc(C(=O)N[C@@H](C)c3ccc(C4CC4)cc3)cc2n1C. The van der Waals surface area contributed by atoms with Crippen LogP contribution in [0.5, 0.6) is 0 Å². The number of hydrogen-bond acceptors (Lipinski definition) is 1. The van der Waals surface area contributed by atoms with Gasteiger partial charge in [-0.05, 0) is 67.3 Å². The normalized spacial score (nSPS) is 15.3. The van der Waals surface area contributed by atoms with Crippen LogP contribution in [0.15, 0.2) is 48.5 Å². The molecule has 1 aromatic heterocycles. The smallest absolute Gasteiger partial charge is 0.251 e. The Kier molecular flexibility index (Phi) is 3.87. The van der Waals surface area contributed by atoms with Crippen molar-refractivity contribution < 1.29 is 4.79 Å². The molecular formula is C22H24N2O. The Hall–Kier alpha value is -2.55. The van der Waals surface area contributed by atoms with Crippen LogP contribution < -0.4 is 5.32 Å².